The van der Waals surface area contributed by atoms with Crippen LogP contribution in [0, 0.1) is 4.77 Å². The van der Waals surface area contributed by atoms with Crippen LogP contribution in [0.15, 0.2) is 30.5 Å². The molecule has 2 N–H and O–H groups in total. The van der Waals surface area contributed by atoms with Gasteiger partial charge in [0.25, 0.3) is 0 Å². The lowest BCUT2D eigenvalue weighted by molar-refractivity contribution is 0.443. The summed E-state index contributed by atoms with van der Waals surface area (Å²) in [5.41, 5.74) is 3.75. The Bertz CT molecular complexity index is 559. The number of nitrogens with one attached hydrogen (secondary N) is 2. The van der Waals surface area contributed by atoms with Crippen LogP contribution in [0.4, 0.5) is 0 Å². The van der Waals surface area contributed by atoms with Crippen LogP contribution in [-0.2, 0) is 0 Å². The highest BCUT2D eigenvalue weighted by Gasteiger charge is 2.15. The maximum atomic E-state index is 5.05. The molecule has 1 aliphatic carbocycles. The van der Waals surface area contributed by atoms with Crippen molar-refractivity contribution in [2.75, 3.05) is 0 Å². The normalized spacial score (nSPS) is 16.9. The molecule has 2 nitrogen and oxygen atoms in total. The summed E-state index contributed by atoms with van der Waals surface area (Å²) in [7, 11) is 0. The maximum absolute atomic E-state index is 5.05. The van der Waals surface area contributed by atoms with E-state index in [4.69, 9.17) is 12.2 Å². The molecule has 3 rings (SSSR count). The number of hydrogen-bond donors (Lipinski definition) is 2. The van der Waals surface area contributed by atoms with Gasteiger partial charge in [0.2, 0.25) is 0 Å². The van der Waals surface area contributed by atoms with Gasteiger partial charge in [-0.25, -0.2) is 0 Å². The van der Waals surface area contributed by atoms with Crippen LogP contribution >= 0.6 is 12.2 Å². The summed E-state index contributed by atoms with van der Waals surface area (Å²) in [6.45, 7) is 0. The first-order valence-electron chi connectivity index (χ1n) is 6.71. The van der Waals surface area contributed by atoms with Crippen LogP contribution in [0.5, 0.6) is 0 Å². The highest BCUT2D eigenvalue weighted by molar-refractivity contribution is 7.71. The van der Waals surface area contributed by atoms with E-state index in [1.165, 1.54) is 43.2 Å². The average Bonchev–Trinajstić information content (AvgIpc) is 2.87. The summed E-state index contributed by atoms with van der Waals surface area (Å²) in [6.07, 6.45) is 8.82. The second-order valence-electron chi connectivity index (χ2n) is 5.11. The highest BCUT2D eigenvalue weighted by Crippen LogP contribution is 2.33. The fourth-order valence-corrected chi connectivity index (χ4v) is 3.03. The van der Waals surface area contributed by atoms with Gasteiger partial charge in [-0.05, 0) is 42.1 Å². The molecule has 94 valence electrons. The van der Waals surface area contributed by atoms with Crippen LogP contribution in [0.25, 0.3) is 11.3 Å². The molecule has 2 aromatic rings. The summed E-state index contributed by atoms with van der Waals surface area (Å²) in [5, 5.41) is 0. The molecule has 0 amide bonds. The highest BCUT2D eigenvalue weighted by atomic mass is 32.1. The van der Waals surface area contributed by atoms with E-state index in [-0.39, 0.29) is 0 Å². The molecular formula is C15H18N2S. The monoisotopic (exact) mass is 258 g/mol. The van der Waals surface area contributed by atoms with Gasteiger partial charge in [-0.2, -0.15) is 0 Å². The van der Waals surface area contributed by atoms with Gasteiger partial charge in [-0.3, -0.25) is 0 Å². The zero-order chi connectivity index (χ0) is 12.4. The quantitative estimate of drug-likeness (QED) is 0.746. The molecule has 1 saturated carbocycles. The van der Waals surface area contributed by atoms with E-state index in [2.05, 4.69) is 34.2 Å². The van der Waals surface area contributed by atoms with Crippen LogP contribution < -0.4 is 0 Å². The first-order chi connectivity index (χ1) is 8.83. The first-order valence-corrected chi connectivity index (χ1v) is 7.12. The average molecular weight is 258 g/mol. The first kappa shape index (κ1) is 11.7. The lowest BCUT2D eigenvalue weighted by atomic mass is 9.84. The Morgan fingerprint density at radius 3 is 2.33 bits per heavy atom. The molecule has 0 aliphatic heterocycles. The van der Waals surface area contributed by atoms with Crippen molar-refractivity contribution >= 4 is 12.2 Å². The summed E-state index contributed by atoms with van der Waals surface area (Å²) < 4.78 is 0.682. The number of hydrogen-bond acceptors (Lipinski definition) is 1. The van der Waals surface area contributed by atoms with Crippen LogP contribution in [0.1, 0.15) is 43.6 Å². The van der Waals surface area contributed by atoms with Gasteiger partial charge in [-0.1, -0.05) is 43.5 Å². The second-order valence-corrected chi connectivity index (χ2v) is 5.52. The third-order valence-corrected chi connectivity index (χ3v) is 4.11. The molecule has 0 unspecified atom stereocenters. The molecule has 0 atom stereocenters. The summed E-state index contributed by atoms with van der Waals surface area (Å²) in [4.78, 5) is 6.15. The lowest BCUT2D eigenvalue weighted by Crippen LogP contribution is -2.04. The van der Waals surface area contributed by atoms with E-state index in [0.29, 0.717) is 4.77 Å². The van der Waals surface area contributed by atoms with Gasteiger partial charge < -0.3 is 9.97 Å². The molecule has 1 aliphatic rings. The van der Waals surface area contributed by atoms with E-state index in [9.17, 15) is 0 Å². The Hall–Kier alpha value is -1.35. The molecule has 1 fully saturated rings. The van der Waals surface area contributed by atoms with Gasteiger partial charge in [0.1, 0.15) is 0 Å². The number of aromatic nitrogens is 2. The summed E-state index contributed by atoms with van der Waals surface area (Å²) in [6, 6.07) is 8.93. The maximum Gasteiger partial charge on any atom is 0.174 e. The second kappa shape index (κ2) is 5.11. The third-order valence-electron chi connectivity index (χ3n) is 3.89. The molecule has 3 heteroatoms. The van der Waals surface area contributed by atoms with E-state index >= 15 is 0 Å². The zero-order valence-corrected chi connectivity index (χ0v) is 11.2. The molecule has 0 spiro atoms. The Labute approximate surface area is 112 Å². The number of rotatable bonds is 2. The van der Waals surface area contributed by atoms with Crippen LogP contribution in [-0.4, -0.2) is 9.97 Å². The van der Waals surface area contributed by atoms with Crippen LogP contribution in [0.2, 0.25) is 0 Å². The Balaban J connectivity index is 1.82. The predicted octanol–water partition coefficient (Wildman–Crippen LogP) is 4.79. The fourth-order valence-electron chi connectivity index (χ4n) is 2.86. The Morgan fingerprint density at radius 2 is 1.72 bits per heavy atom. The molecular weight excluding hydrogens is 240 g/mol. The minimum atomic E-state index is 0.682. The predicted molar refractivity (Wildman–Crippen MR) is 77.2 cm³/mol. The standard InChI is InChI=1S/C15H18N2S/c18-15-16-10-14(17-15)13-8-6-12(7-9-13)11-4-2-1-3-5-11/h6-11H,1-5H2,(H2,16,17,18). The minimum Gasteiger partial charge on any atom is -0.337 e. The Morgan fingerprint density at radius 1 is 1.00 bits per heavy atom. The molecule has 1 heterocycles. The van der Waals surface area contributed by atoms with Gasteiger partial charge in [0.05, 0.1) is 5.69 Å². The minimum absolute atomic E-state index is 0.682. The number of imidazole rings is 1. The van der Waals surface area contributed by atoms with Gasteiger partial charge in [0.15, 0.2) is 4.77 Å². The molecule has 1 aromatic heterocycles. The summed E-state index contributed by atoms with van der Waals surface area (Å²) >= 11 is 5.05. The van der Waals surface area contributed by atoms with Gasteiger partial charge in [0, 0.05) is 6.20 Å². The topological polar surface area (TPSA) is 31.6 Å². The Kier molecular flexibility index (Phi) is 3.33. The smallest absolute Gasteiger partial charge is 0.174 e. The fraction of sp³-hybridized carbons (Fsp3) is 0.400. The van der Waals surface area contributed by atoms with Crippen molar-refractivity contribution < 1.29 is 0 Å². The van der Waals surface area contributed by atoms with Crippen molar-refractivity contribution in [2.24, 2.45) is 0 Å². The van der Waals surface area contributed by atoms with E-state index in [0.717, 1.165) is 11.6 Å². The van der Waals surface area contributed by atoms with Crippen molar-refractivity contribution in [3.63, 3.8) is 0 Å². The molecule has 0 radical (unpaired) electrons. The van der Waals surface area contributed by atoms with Gasteiger partial charge >= 0.3 is 0 Å². The molecule has 1 aromatic carbocycles. The van der Waals surface area contributed by atoms with Gasteiger partial charge in [-0.15, -0.1) is 0 Å². The number of aromatic amines is 2. The zero-order valence-electron chi connectivity index (χ0n) is 10.4. The number of benzene rings is 1. The van der Waals surface area contributed by atoms with E-state index in [1.54, 1.807) is 0 Å². The SMILES string of the molecule is S=c1[nH]cc(-c2ccc(C3CCCCC3)cc2)[nH]1. The van der Waals surface area contributed by atoms with Crippen molar-refractivity contribution in [1.29, 1.82) is 0 Å². The lowest BCUT2D eigenvalue weighted by Gasteiger charge is -2.22. The van der Waals surface area contributed by atoms with E-state index in [1.807, 2.05) is 6.20 Å². The largest absolute Gasteiger partial charge is 0.337 e. The van der Waals surface area contributed by atoms with Crippen molar-refractivity contribution in [1.82, 2.24) is 9.97 Å². The summed E-state index contributed by atoms with van der Waals surface area (Å²) in [5.74, 6) is 0.775. The molecule has 18 heavy (non-hydrogen) atoms. The van der Waals surface area contributed by atoms with E-state index < -0.39 is 0 Å². The van der Waals surface area contributed by atoms with Crippen molar-refractivity contribution in [3.05, 3.63) is 40.8 Å². The number of H-pyrrole nitrogens is 2. The molecule has 0 saturated heterocycles. The van der Waals surface area contributed by atoms with Crippen LogP contribution in [0.3, 0.4) is 0 Å². The third kappa shape index (κ3) is 2.41. The van der Waals surface area contributed by atoms with Crippen molar-refractivity contribution in [3.8, 4) is 11.3 Å². The van der Waals surface area contributed by atoms with Crippen molar-refractivity contribution in [2.45, 2.75) is 38.0 Å². The molecule has 0 bridgehead atoms.